The summed E-state index contributed by atoms with van der Waals surface area (Å²) in [7, 11) is 0. The van der Waals surface area contributed by atoms with Gasteiger partial charge in [-0.2, -0.15) is 0 Å². The lowest BCUT2D eigenvalue weighted by molar-refractivity contribution is 0.386. The quantitative estimate of drug-likeness (QED) is 0.637. The zero-order valence-corrected chi connectivity index (χ0v) is 10.3. The number of nitrogens with one attached hydrogen (secondary N) is 2. The van der Waals surface area contributed by atoms with Crippen LogP contribution in [0, 0.1) is 5.82 Å². The van der Waals surface area contributed by atoms with E-state index in [1.54, 1.807) is 18.2 Å². The number of anilines is 3. The molecule has 3 rings (SSSR count). The Morgan fingerprint density at radius 2 is 1.45 bits per heavy atom. The molecular weight excluding hydrogens is 259 g/mol. The van der Waals surface area contributed by atoms with E-state index in [0.29, 0.717) is 22.5 Å². The van der Waals surface area contributed by atoms with Crippen molar-refractivity contribution in [2.75, 3.05) is 10.8 Å². The number of halogens is 1. The van der Waals surface area contributed by atoms with Gasteiger partial charge >= 0.3 is 0 Å². The average Bonchev–Trinajstić information content (AvgIpc) is 2.49. The Bertz CT molecular complexity index is 746. The molecule has 0 atom stereocenters. The first-order valence-electron chi connectivity index (χ1n) is 5.96. The zero-order chi connectivity index (χ0) is 13.9. The van der Waals surface area contributed by atoms with E-state index in [-0.39, 0.29) is 11.6 Å². The van der Waals surface area contributed by atoms with E-state index in [9.17, 15) is 4.39 Å². The maximum absolute atomic E-state index is 12.9. The Morgan fingerprint density at radius 1 is 0.850 bits per heavy atom. The molecule has 0 bridgehead atoms. The second kappa shape index (κ2) is 5.10. The summed E-state index contributed by atoms with van der Waals surface area (Å²) < 4.78 is 12.9. The van der Waals surface area contributed by atoms with Gasteiger partial charge in [0.1, 0.15) is 5.82 Å². The number of benzene rings is 2. The molecule has 6 heteroatoms. The highest BCUT2D eigenvalue weighted by Crippen LogP contribution is 2.24. The highest BCUT2D eigenvalue weighted by molar-refractivity contribution is 5.81. The summed E-state index contributed by atoms with van der Waals surface area (Å²) in [5.41, 5.74) is 4.01. The molecule has 0 saturated heterocycles. The normalized spacial score (nSPS) is 10.5. The highest BCUT2D eigenvalue weighted by Gasteiger charge is 2.08. The second-order valence-electron chi connectivity index (χ2n) is 4.15. The van der Waals surface area contributed by atoms with Crippen molar-refractivity contribution in [3.63, 3.8) is 0 Å². The van der Waals surface area contributed by atoms with Gasteiger partial charge in [-0.1, -0.05) is 12.1 Å². The minimum absolute atomic E-state index is 0.202. The van der Waals surface area contributed by atoms with E-state index in [2.05, 4.69) is 15.3 Å². The summed E-state index contributed by atoms with van der Waals surface area (Å²) in [5, 5.41) is 12.1. The lowest BCUT2D eigenvalue weighted by Gasteiger charge is -2.10. The summed E-state index contributed by atoms with van der Waals surface area (Å²) in [6.45, 7) is 0. The number of hydrogen-bond acceptors (Lipinski definition) is 5. The molecule has 0 aliphatic rings. The molecule has 0 aliphatic heterocycles. The van der Waals surface area contributed by atoms with Gasteiger partial charge in [-0.15, -0.1) is 0 Å². The largest absolute Gasteiger partial charge is 0.337 e. The topological polar surface area (TPSA) is 70.1 Å². The molecule has 2 aromatic carbocycles. The van der Waals surface area contributed by atoms with Crippen molar-refractivity contribution in [1.82, 2.24) is 9.97 Å². The lowest BCUT2D eigenvalue weighted by atomic mass is 10.3. The minimum Gasteiger partial charge on any atom is -0.337 e. The van der Waals surface area contributed by atoms with Crippen LogP contribution in [0.3, 0.4) is 0 Å². The van der Waals surface area contributed by atoms with Crippen LogP contribution >= 0.6 is 0 Å². The fraction of sp³-hybridized carbons (Fsp3) is 0. The molecule has 100 valence electrons. The molecule has 1 heterocycles. The van der Waals surface area contributed by atoms with Gasteiger partial charge < -0.3 is 5.32 Å². The number of nitrogens with zero attached hydrogens (tertiary/aromatic N) is 2. The molecule has 3 aromatic rings. The van der Waals surface area contributed by atoms with Crippen molar-refractivity contribution in [2.24, 2.45) is 0 Å². The average molecular weight is 270 g/mol. The zero-order valence-electron chi connectivity index (χ0n) is 10.3. The van der Waals surface area contributed by atoms with Crippen LogP contribution < -0.4 is 10.8 Å². The van der Waals surface area contributed by atoms with Crippen LogP contribution in [0.25, 0.3) is 11.0 Å². The van der Waals surface area contributed by atoms with Gasteiger partial charge in [0.2, 0.25) is 0 Å². The number of fused-ring (bicyclic) bond motifs is 1. The Hall–Kier alpha value is -2.73. The third kappa shape index (κ3) is 2.36. The third-order valence-electron chi connectivity index (χ3n) is 2.78. The maximum Gasteiger partial charge on any atom is 0.194 e. The molecule has 0 aliphatic carbocycles. The molecular formula is C14H11FN4O. The molecule has 0 radical (unpaired) electrons. The molecule has 0 unspecified atom stereocenters. The van der Waals surface area contributed by atoms with Crippen LogP contribution in [-0.2, 0) is 0 Å². The first kappa shape index (κ1) is 12.3. The van der Waals surface area contributed by atoms with E-state index >= 15 is 0 Å². The molecule has 5 nitrogen and oxygen atoms in total. The summed E-state index contributed by atoms with van der Waals surface area (Å²) >= 11 is 0. The van der Waals surface area contributed by atoms with Crippen molar-refractivity contribution in [3.8, 4) is 0 Å². The molecule has 0 fully saturated rings. The van der Waals surface area contributed by atoms with Crippen molar-refractivity contribution < 1.29 is 9.60 Å². The monoisotopic (exact) mass is 270 g/mol. The first-order chi connectivity index (χ1) is 9.76. The second-order valence-corrected chi connectivity index (χ2v) is 4.15. The predicted molar refractivity (Wildman–Crippen MR) is 74.6 cm³/mol. The minimum atomic E-state index is -0.319. The van der Waals surface area contributed by atoms with Crippen molar-refractivity contribution in [1.29, 1.82) is 0 Å². The van der Waals surface area contributed by atoms with E-state index in [1.165, 1.54) is 12.1 Å². The summed E-state index contributed by atoms with van der Waals surface area (Å²) in [6.07, 6.45) is 0. The van der Waals surface area contributed by atoms with Crippen LogP contribution in [0.5, 0.6) is 0 Å². The first-order valence-corrected chi connectivity index (χ1v) is 5.96. The van der Waals surface area contributed by atoms with E-state index < -0.39 is 0 Å². The number of rotatable bonds is 3. The van der Waals surface area contributed by atoms with Crippen molar-refractivity contribution in [2.45, 2.75) is 0 Å². The lowest BCUT2D eigenvalue weighted by Crippen LogP contribution is -2.03. The number of hydrogen-bond donors (Lipinski definition) is 3. The summed E-state index contributed by atoms with van der Waals surface area (Å²) in [6, 6.07) is 13.1. The van der Waals surface area contributed by atoms with E-state index in [4.69, 9.17) is 5.21 Å². The van der Waals surface area contributed by atoms with Crippen LogP contribution in [0.4, 0.5) is 21.7 Å². The van der Waals surface area contributed by atoms with E-state index in [1.807, 2.05) is 23.7 Å². The van der Waals surface area contributed by atoms with Gasteiger partial charge in [-0.25, -0.2) is 19.8 Å². The standard InChI is InChI=1S/C14H11FN4O/c15-9-5-7-10(8-6-9)16-13-14(19-20)18-12-4-2-1-3-11(12)17-13/h1-8,20H,(H,16,17)(H,18,19). The summed E-state index contributed by atoms with van der Waals surface area (Å²) in [4.78, 5) is 8.62. The molecule has 1 aromatic heterocycles. The highest BCUT2D eigenvalue weighted by atomic mass is 19.1. The van der Waals surface area contributed by atoms with Crippen LogP contribution in [0.15, 0.2) is 48.5 Å². The van der Waals surface area contributed by atoms with Gasteiger partial charge in [-0.05, 0) is 36.4 Å². The van der Waals surface area contributed by atoms with Crippen LogP contribution in [0.2, 0.25) is 0 Å². The molecule has 3 N–H and O–H groups in total. The fourth-order valence-electron chi connectivity index (χ4n) is 1.84. The van der Waals surface area contributed by atoms with Gasteiger partial charge in [0.25, 0.3) is 0 Å². The Morgan fingerprint density at radius 3 is 2.05 bits per heavy atom. The smallest absolute Gasteiger partial charge is 0.194 e. The van der Waals surface area contributed by atoms with Gasteiger partial charge in [0.15, 0.2) is 11.6 Å². The Balaban J connectivity index is 2.03. The number of aromatic nitrogens is 2. The van der Waals surface area contributed by atoms with Crippen LogP contribution in [-0.4, -0.2) is 15.2 Å². The SMILES string of the molecule is ONc1nc2ccccc2nc1Nc1ccc(F)cc1. The van der Waals surface area contributed by atoms with Gasteiger partial charge in [-0.3, -0.25) is 5.21 Å². The molecule has 20 heavy (non-hydrogen) atoms. The predicted octanol–water partition coefficient (Wildman–Crippen LogP) is 3.31. The Labute approximate surface area is 114 Å². The van der Waals surface area contributed by atoms with E-state index in [0.717, 1.165) is 0 Å². The van der Waals surface area contributed by atoms with Crippen molar-refractivity contribution in [3.05, 3.63) is 54.3 Å². The number of para-hydroxylation sites is 2. The molecule has 0 spiro atoms. The van der Waals surface area contributed by atoms with Gasteiger partial charge in [0.05, 0.1) is 11.0 Å². The summed E-state index contributed by atoms with van der Waals surface area (Å²) in [5.74, 6) is 0.242. The van der Waals surface area contributed by atoms with Gasteiger partial charge in [0, 0.05) is 5.69 Å². The third-order valence-corrected chi connectivity index (χ3v) is 2.78. The maximum atomic E-state index is 12.9. The molecule has 0 amide bonds. The fourth-order valence-corrected chi connectivity index (χ4v) is 1.84. The van der Waals surface area contributed by atoms with Crippen molar-refractivity contribution >= 4 is 28.4 Å². The molecule has 0 saturated carbocycles. The Kier molecular flexibility index (Phi) is 3.14. The van der Waals surface area contributed by atoms with Crippen LogP contribution in [0.1, 0.15) is 0 Å².